The summed E-state index contributed by atoms with van der Waals surface area (Å²) in [5.41, 5.74) is 1.78. The third-order valence-corrected chi connectivity index (χ3v) is 3.30. The van der Waals surface area contributed by atoms with Crippen molar-refractivity contribution in [3.05, 3.63) is 29.8 Å². The molecule has 0 bridgehead atoms. The Morgan fingerprint density at radius 3 is 2.67 bits per heavy atom. The van der Waals surface area contributed by atoms with E-state index in [9.17, 15) is 0 Å². The number of halogens is 1. The Bertz CT molecular complexity index is 486. The standard InChI is InChI=1S/C12H18ClN5/c1-3-12(4-2)18-6-5-10(15-18)8-17-9-11(7-13)14-16-17/h5-6,9,12H,3-4,7-8H2,1-2H3. The fourth-order valence-corrected chi connectivity index (χ4v) is 2.09. The zero-order valence-corrected chi connectivity index (χ0v) is 11.5. The van der Waals surface area contributed by atoms with E-state index < -0.39 is 0 Å². The minimum Gasteiger partial charge on any atom is -0.269 e. The van der Waals surface area contributed by atoms with Gasteiger partial charge >= 0.3 is 0 Å². The Balaban J connectivity index is 2.06. The highest BCUT2D eigenvalue weighted by Gasteiger charge is 2.08. The van der Waals surface area contributed by atoms with Gasteiger partial charge in [0.15, 0.2) is 0 Å². The fourth-order valence-electron chi connectivity index (χ4n) is 1.97. The molecular weight excluding hydrogens is 250 g/mol. The van der Waals surface area contributed by atoms with E-state index in [2.05, 4.69) is 29.3 Å². The summed E-state index contributed by atoms with van der Waals surface area (Å²) in [5.74, 6) is 0.391. The van der Waals surface area contributed by atoms with Crippen molar-refractivity contribution in [2.24, 2.45) is 0 Å². The first-order valence-electron chi connectivity index (χ1n) is 6.25. The SMILES string of the molecule is CCC(CC)n1ccc(Cn2cc(CCl)nn2)n1. The molecule has 0 N–H and O–H groups in total. The van der Waals surface area contributed by atoms with Crippen LogP contribution in [0.1, 0.15) is 44.1 Å². The molecule has 6 heteroatoms. The molecule has 0 aliphatic carbocycles. The van der Waals surface area contributed by atoms with Crippen LogP contribution in [-0.4, -0.2) is 24.8 Å². The lowest BCUT2D eigenvalue weighted by molar-refractivity contribution is 0.423. The second-order valence-electron chi connectivity index (χ2n) is 4.30. The molecule has 0 saturated heterocycles. The number of alkyl halides is 1. The summed E-state index contributed by atoms with van der Waals surface area (Å²) in [6.07, 6.45) is 6.07. The van der Waals surface area contributed by atoms with Crippen molar-refractivity contribution in [3.8, 4) is 0 Å². The summed E-state index contributed by atoms with van der Waals surface area (Å²) in [7, 11) is 0. The first-order chi connectivity index (χ1) is 8.76. The van der Waals surface area contributed by atoms with Gasteiger partial charge in [-0.15, -0.1) is 16.7 Å². The van der Waals surface area contributed by atoms with E-state index in [0.717, 1.165) is 24.2 Å². The largest absolute Gasteiger partial charge is 0.269 e. The van der Waals surface area contributed by atoms with Gasteiger partial charge in [-0.1, -0.05) is 19.1 Å². The highest BCUT2D eigenvalue weighted by atomic mass is 35.5. The number of rotatable bonds is 6. The van der Waals surface area contributed by atoms with Crippen molar-refractivity contribution >= 4 is 11.6 Å². The number of nitrogens with zero attached hydrogens (tertiary/aromatic N) is 5. The Hall–Kier alpha value is -1.36. The molecule has 0 fully saturated rings. The lowest BCUT2D eigenvalue weighted by Gasteiger charge is -2.12. The van der Waals surface area contributed by atoms with Gasteiger partial charge < -0.3 is 0 Å². The van der Waals surface area contributed by atoms with Crippen molar-refractivity contribution in [3.63, 3.8) is 0 Å². The Morgan fingerprint density at radius 1 is 1.28 bits per heavy atom. The second kappa shape index (κ2) is 6.00. The Morgan fingerprint density at radius 2 is 2.06 bits per heavy atom. The summed E-state index contributed by atoms with van der Waals surface area (Å²) in [4.78, 5) is 0. The zero-order chi connectivity index (χ0) is 13.0. The molecule has 0 aliphatic heterocycles. The number of aromatic nitrogens is 5. The average Bonchev–Trinajstić information content (AvgIpc) is 3.01. The normalized spacial score (nSPS) is 11.3. The van der Waals surface area contributed by atoms with E-state index in [0.29, 0.717) is 18.5 Å². The van der Waals surface area contributed by atoms with E-state index in [1.807, 2.05) is 23.1 Å². The molecule has 2 heterocycles. The molecule has 5 nitrogen and oxygen atoms in total. The highest BCUT2D eigenvalue weighted by molar-refractivity contribution is 6.16. The fraction of sp³-hybridized carbons (Fsp3) is 0.583. The predicted octanol–water partition coefficient (Wildman–Crippen LogP) is 2.62. The van der Waals surface area contributed by atoms with Gasteiger partial charge in [0.05, 0.1) is 36.1 Å². The van der Waals surface area contributed by atoms with Crippen LogP contribution in [-0.2, 0) is 12.4 Å². The summed E-state index contributed by atoms with van der Waals surface area (Å²) >= 11 is 5.69. The van der Waals surface area contributed by atoms with Crippen LogP contribution in [0.15, 0.2) is 18.5 Å². The Kier molecular flexibility index (Phi) is 4.36. The molecule has 2 rings (SSSR count). The van der Waals surface area contributed by atoms with Gasteiger partial charge in [0, 0.05) is 6.20 Å². The minimum absolute atomic E-state index is 0.391. The number of hydrogen-bond donors (Lipinski definition) is 0. The van der Waals surface area contributed by atoms with Crippen LogP contribution < -0.4 is 0 Å². The first-order valence-corrected chi connectivity index (χ1v) is 6.79. The van der Waals surface area contributed by atoms with Gasteiger partial charge in [-0.25, -0.2) is 4.68 Å². The maximum Gasteiger partial charge on any atom is 0.0974 e. The summed E-state index contributed by atoms with van der Waals surface area (Å²) in [6.45, 7) is 5.00. The molecule has 18 heavy (non-hydrogen) atoms. The molecule has 98 valence electrons. The molecule has 0 aromatic carbocycles. The monoisotopic (exact) mass is 267 g/mol. The summed E-state index contributed by atoms with van der Waals surface area (Å²) in [6, 6.07) is 2.51. The maximum absolute atomic E-state index is 5.69. The van der Waals surface area contributed by atoms with Gasteiger partial charge in [-0.3, -0.25) is 4.68 Å². The highest BCUT2D eigenvalue weighted by Crippen LogP contribution is 2.14. The molecule has 2 aromatic heterocycles. The summed E-state index contributed by atoms with van der Waals surface area (Å²) in [5, 5.41) is 12.5. The van der Waals surface area contributed by atoms with Gasteiger partial charge in [-0.2, -0.15) is 5.10 Å². The molecule has 0 amide bonds. The smallest absolute Gasteiger partial charge is 0.0974 e. The van der Waals surface area contributed by atoms with Gasteiger partial charge in [-0.05, 0) is 18.9 Å². The van der Waals surface area contributed by atoms with Crippen LogP contribution in [0, 0.1) is 0 Å². The molecular formula is C12H18ClN5. The lowest BCUT2D eigenvalue weighted by Crippen LogP contribution is -2.09. The van der Waals surface area contributed by atoms with Crippen LogP contribution in [0.4, 0.5) is 0 Å². The molecule has 0 radical (unpaired) electrons. The lowest BCUT2D eigenvalue weighted by atomic mass is 10.2. The van der Waals surface area contributed by atoms with Gasteiger partial charge in [0.25, 0.3) is 0 Å². The molecule has 0 atom stereocenters. The van der Waals surface area contributed by atoms with Crippen LogP contribution in [0.25, 0.3) is 0 Å². The first kappa shape index (κ1) is 13.1. The molecule has 0 saturated carbocycles. The minimum atomic E-state index is 0.391. The van der Waals surface area contributed by atoms with Crippen LogP contribution >= 0.6 is 11.6 Å². The van der Waals surface area contributed by atoms with Crippen LogP contribution in [0.5, 0.6) is 0 Å². The maximum atomic E-state index is 5.69. The van der Waals surface area contributed by atoms with Crippen LogP contribution in [0.3, 0.4) is 0 Å². The quantitative estimate of drug-likeness (QED) is 0.756. The molecule has 2 aromatic rings. The summed E-state index contributed by atoms with van der Waals surface area (Å²) < 4.78 is 3.80. The third-order valence-electron chi connectivity index (χ3n) is 3.03. The van der Waals surface area contributed by atoms with Crippen molar-refractivity contribution in [2.75, 3.05) is 0 Å². The van der Waals surface area contributed by atoms with E-state index >= 15 is 0 Å². The van der Waals surface area contributed by atoms with E-state index in [4.69, 9.17) is 11.6 Å². The molecule has 0 spiro atoms. The van der Waals surface area contributed by atoms with Crippen molar-refractivity contribution < 1.29 is 0 Å². The Labute approximate surface area is 112 Å². The van der Waals surface area contributed by atoms with Gasteiger partial charge in [0.2, 0.25) is 0 Å². The zero-order valence-electron chi connectivity index (χ0n) is 10.8. The average molecular weight is 268 g/mol. The van der Waals surface area contributed by atoms with E-state index in [1.54, 1.807) is 4.68 Å². The molecule has 0 unspecified atom stereocenters. The number of hydrogen-bond acceptors (Lipinski definition) is 3. The molecule has 0 aliphatic rings. The van der Waals surface area contributed by atoms with Crippen molar-refractivity contribution in [1.82, 2.24) is 24.8 Å². The van der Waals surface area contributed by atoms with E-state index in [-0.39, 0.29) is 0 Å². The topological polar surface area (TPSA) is 48.5 Å². The predicted molar refractivity (Wildman–Crippen MR) is 70.5 cm³/mol. The third kappa shape index (κ3) is 2.90. The van der Waals surface area contributed by atoms with Crippen molar-refractivity contribution in [2.45, 2.75) is 45.2 Å². The van der Waals surface area contributed by atoms with Gasteiger partial charge in [0.1, 0.15) is 0 Å². The van der Waals surface area contributed by atoms with Crippen LogP contribution in [0.2, 0.25) is 0 Å². The van der Waals surface area contributed by atoms with E-state index in [1.165, 1.54) is 0 Å². The second-order valence-corrected chi connectivity index (χ2v) is 4.57. The van der Waals surface area contributed by atoms with Crippen molar-refractivity contribution in [1.29, 1.82) is 0 Å².